The molecule has 0 aromatic heterocycles. The van der Waals surface area contributed by atoms with Crippen molar-refractivity contribution in [1.29, 1.82) is 0 Å². The number of fused-ring (bicyclic) bond motifs is 3. The number of carbonyl (C=O) groups is 2. The summed E-state index contributed by atoms with van der Waals surface area (Å²) in [6, 6.07) is 22.2. The SMILES string of the molecule is Cc1ccc2cc(C(C)COC(=O)C3C(OC(=O)c4ccccc4)CC4CCC3N4C)ccc2c1. The summed E-state index contributed by atoms with van der Waals surface area (Å²) in [5, 5.41) is 2.40. The Morgan fingerprint density at radius 3 is 2.54 bits per heavy atom. The van der Waals surface area contributed by atoms with E-state index in [4.69, 9.17) is 9.47 Å². The zero-order valence-electron chi connectivity index (χ0n) is 20.6. The van der Waals surface area contributed by atoms with E-state index in [1.54, 1.807) is 12.1 Å². The van der Waals surface area contributed by atoms with Crippen molar-refractivity contribution in [3.63, 3.8) is 0 Å². The Bertz CT molecular complexity index is 1220. The number of aryl methyl sites for hydroxylation is 1. The number of benzene rings is 3. The average molecular weight is 472 g/mol. The summed E-state index contributed by atoms with van der Waals surface area (Å²) in [6.45, 7) is 4.47. The van der Waals surface area contributed by atoms with Crippen LogP contribution in [0, 0.1) is 12.8 Å². The summed E-state index contributed by atoms with van der Waals surface area (Å²) in [5.41, 5.74) is 2.88. The minimum Gasteiger partial charge on any atom is -0.465 e. The first-order chi connectivity index (χ1) is 16.9. The second-order valence-electron chi connectivity index (χ2n) is 10.2. The molecule has 0 saturated carbocycles. The van der Waals surface area contributed by atoms with Gasteiger partial charge in [-0.25, -0.2) is 4.79 Å². The third kappa shape index (κ3) is 4.83. The van der Waals surface area contributed by atoms with Crippen LogP contribution in [0.25, 0.3) is 10.8 Å². The summed E-state index contributed by atoms with van der Waals surface area (Å²) >= 11 is 0. The van der Waals surface area contributed by atoms with Gasteiger partial charge in [-0.2, -0.15) is 0 Å². The number of esters is 2. The van der Waals surface area contributed by atoms with Crippen molar-refractivity contribution in [2.45, 2.75) is 57.2 Å². The normalized spacial score (nSPS) is 24.8. The fourth-order valence-electron chi connectivity index (χ4n) is 5.72. The fraction of sp³-hybridized carbons (Fsp3) is 0.400. The van der Waals surface area contributed by atoms with Gasteiger partial charge in [0.15, 0.2) is 0 Å². The molecular formula is C30H33NO4. The van der Waals surface area contributed by atoms with Crippen LogP contribution in [-0.2, 0) is 14.3 Å². The molecule has 5 atom stereocenters. The van der Waals surface area contributed by atoms with Crippen LogP contribution < -0.4 is 0 Å². The van der Waals surface area contributed by atoms with Gasteiger partial charge in [0.25, 0.3) is 0 Å². The maximum Gasteiger partial charge on any atom is 0.338 e. The van der Waals surface area contributed by atoms with Crippen LogP contribution in [0.1, 0.15) is 53.6 Å². The van der Waals surface area contributed by atoms with Crippen molar-refractivity contribution in [2.75, 3.05) is 13.7 Å². The third-order valence-electron chi connectivity index (χ3n) is 7.82. The van der Waals surface area contributed by atoms with E-state index in [1.807, 2.05) is 18.2 Å². The molecule has 0 aliphatic carbocycles. The molecule has 3 aromatic carbocycles. The van der Waals surface area contributed by atoms with Gasteiger partial charge in [-0.05, 0) is 55.3 Å². The Morgan fingerprint density at radius 1 is 1.00 bits per heavy atom. The van der Waals surface area contributed by atoms with Gasteiger partial charge in [-0.1, -0.05) is 67.1 Å². The van der Waals surface area contributed by atoms with Crippen LogP contribution in [0.15, 0.2) is 66.7 Å². The molecule has 2 heterocycles. The van der Waals surface area contributed by atoms with Crippen LogP contribution in [0.3, 0.4) is 0 Å². The van der Waals surface area contributed by atoms with Gasteiger partial charge in [0.1, 0.15) is 12.0 Å². The lowest BCUT2D eigenvalue weighted by atomic mass is 9.87. The molecule has 5 heteroatoms. The van der Waals surface area contributed by atoms with Gasteiger partial charge in [-0.3, -0.25) is 9.69 Å². The molecule has 182 valence electrons. The van der Waals surface area contributed by atoms with Gasteiger partial charge >= 0.3 is 11.9 Å². The van der Waals surface area contributed by atoms with E-state index < -0.39 is 12.0 Å². The first kappa shape index (κ1) is 23.6. The number of hydrogen-bond donors (Lipinski definition) is 0. The Labute approximate surface area is 207 Å². The highest BCUT2D eigenvalue weighted by Gasteiger charge is 2.51. The summed E-state index contributed by atoms with van der Waals surface area (Å²) in [4.78, 5) is 28.5. The zero-order valence-corrected chi connectivity index (χ0v) is 20.6. The summed E-state index contributed by atoms with van der Waals surface area (Å²) < 4.78 is 11.8. The quantitative estimate of drug-likeness (QED) is 0.444. The molecule has 2 aliphatic heterocycles. The van der Waals surface area contributed by atoms with Crippen molar-refractivity contribution in [3.05, 3.63) is 83.4 Å². The molecule has 3 aromatic rings. The van der Waals surface area contributed by atoms with E-state index in [9.17, 15) is 9.59 Å². The topological polar surface area (TPSA) is 55.8 Å². The van der Waals surface area contributed by atoms with Crippen LogP contribution >= 0.6 is 0 Å². The smallest absolute Gasteiger partial charge is 0.338 e. The predicted molar refractivity (Wildman–Crippen MR) is 136 cm³/mol. The molecule has 0 spiro atoms. The third-order valence-corrected chi connectivity index (χ3v) is 7.82. The van der Waals surface area contributed by atoms with E-state index in [1.165, 1.54) is 16.3 Å². The summed E-state index contributed by atoms with van der Waals surface area (Å²) in [6.07, 6.45) is 2.12. The first-order valence-corrected chi connectivity index (χ1v) is 12.6. The highest BCUT2D eigenvalue weighted by Crippen LogP contribution is 2.40. The molecule has 5 nitrogen and oxygen atoms in total. The van der Waals surface area contributed by atoms with Crippen LogP contribution in [0.5, 0.6) is 0 Å². The minimum absolute atomic E-state index is 0.0361. The second kappa shape index (κ2) is 9.82. The number of carbonyl (C=O) groups excluding carboxylic acids is 2. The molecule has 2 fully saturated rings. The van der Waals surface area contributed by atoms with Crippen molar-refractivity contribution < 1.29 is 19.1 Å². The second-order valence-corrected chi connectivity index (χ2v) is 10.2. The zero-order chi connectivity index (χ0) is 24.5. The Morgan fingerprint density at radius 2 is 1.74 bits per heavy atom. The molecule has 5 unspecified atom stereocenters. The molecule has 0 N–H and O–H groups in total. The number of rotatable bonds is 6. The van der Waals surface area contributed by atoms with Crippen LogP contribution in [0.2, 0.25) is 0 Å². The van der Waals surface area contributed by atoms with Crippen molar-refractivity contribution in [1.82, 2.24) is 4.90 Å². The van der Waals surface area contributed by atoms with Gasteiger partial charge in [-0.15, -0.1) is 0 Å². The molecule has 0 radical (unpaired) electrons. The minimum atomic E-state index is -0.474. The number of hydrogen-bond acceptors (Lipinski definition) is 5. The number of nitrogens with zero attached hydrogens (tertiary/aromatic N) is 1. The van der Waals surface area contributed by atoms with E-state index in [-0.39, 0.29) is 23.9 Å². The van der Waals surface area contributed by atoms with Gasteiger partial charge in [0.2, 0.25) is 0 Å². The maximum atomic E-state index is 13.4. The fourth-order valence-corrected chi connectivity index (χ4v) is 5.72. The lowest BCUT2D eigenvalue weighted by Gasteiger charge is -2.41. The standard InChI is InChI=1S/C30H33NO4/c1-19-9-10-24-16-22(11-12-23(24)15-19)20(2)18-34-30(33)28-26-14-13-25(31(26)3)17-27(28)35-29(32)21-7-5-4-6-8-21/h4-12,15-16,20,25-28H,13-14,17-18H2,1-3H3. The van der Waals surface area contributed by atoms with Gasteiger partial charge < -0.3 is 9.47 Å². The van der Waals surface area contributed by atoms with Gasteiger partial charge in [0.05, 0.1) is 12.2 Å². The van der Waals surface area contributed by atoms with E-state index in [0.717, 1.165) is 18.4 Å². The average Bonchev–Trinajstić information content (AvgIpc) is 3.10. The molecule has 0 amide bonds. The number of piperidine rings is 1. The summed E-state index contributed by atoms with van der Waals surface area (Å²) in [5.74, 6) is -1.06. The molecule has 2 bridgehead atoms. The monoisotopic (exact) mass is 471 g/mol. The highest BCUT2D eigenvalue weighted by molar-refractivity contribution is 5.89. The lowest BCUT2D eigenvalue weighted by molar-refractivity contribution is -0.159. The predicted octanol–water partition coefficient (Wildman–Crippen LogP) is 5.50. The highest BCUT2D eigenvalue weighted by atomic mass is 16.6. The Kier molecular flexibility index (Phi) is 6.61. The Hall–Kier alpha value is -3.18. The lowest BCUT2D eigenvalue weighted by Crippen LogP contribution is -2.53. The van der Waals surface area contributed by atoms with E-state index in [0.29, 0.717) is 24.6 Å². The number of ether oxygens (including phenoxy) is 2. The summed E-state index contributed by atoms with van der Waals surface area (Å²) in [7, 11) is 2.07. The molecule has 2 aliphatic rings. The molecule has 5 rings (SSSR count). The Balaban J connectivity index is 1.28. The van der Waals surface area contributed by atoms with Crippen molar-refractivity contribution in [3.8, 4) is 0 Å². The first-order valence-electron chi connectivity index (χ1n) is 12.6. The van der Waals surface area contributed by atoms with Crippen molar-refractivity contribution in [2.24, 2.45) is 5.92 Å². The van der Waals surface area contributed by atoms with E-state index in [2.05, 4.69) is 62.2 Å². The van der Waals surface area contributed by atoms with Crippen LogP contribution in [-0.4, -0.2) is 48.7 Å². The molecular weight excluding hydrogens is 438 g/mol. The van der Waals surface area contributed by atoms with E-state index >= 15 is 0 Å². The van der Waals surface area contributed by atoms with Crippen molar-refractivity contribution >= 4 is 22.7 Å². The molecule has 35 heavy (non-hydrogen) atoms. The van der Waals surface area contributed by atoms with Crippen LogP contribution in [0.4, 0.5) is 0 Å². The van der Waals surface area contributed by atoms with Gasteiger partial charge in [0, 0.05) is 24.4 Å². The molecule has 2 saturated heterocycles. The maximum absolute atomic E-state index is 13.4. The largest absolute Gasteiger partial charge is 0.465 e.